The van der Waals surface area contributed by atoms with Gasteiger partial charge in [-0.2, -0.15) is 13.2 Å². The van der Waals surface area contributed by atoms with Gasteiger partial charge in [0.25, 0.3) is 0 Å². The second-order valence-corrected chi connectivity index (χ2v) is 11.5. The molecule has 0 radical (unpaired) electrons. The molecule has 3 aromatic heterocycles. The number of aryl methyl sites for hydroxylation is 1. The summed E-state index contributed by atoms with van der Waals surface area (Å²) in [6.45, 7) is 8.51. The van der Waals surface area contributed by atoms with E-state index in [2.05, 4.69) is 35.2 Å². The van der Waals surface area contributed by atoms with Gasteiger partial charge in [-0.05, 0) is 49.4 Å². The molecule has 2 aliphatic rings. The molecule has 2 fully saturated rings. The first kappa shape index (κ1) is 32.9. The molecule has 0 atom stereocenters. The molecule has 2 saturated heterocycles. The van der Waals surface area contributed by atoms with Gasteiger partial charge in [-0.15, -0.1) is 10.2 Å². The predicted octanol–water partition coefficient (Wildman–Crippen LogP) is 4.74. The Labute approximate surface area is 275 Å². The number of piperazine rings is 1. The predicted molar refractivity (Wildman–Crippen MR) is 173 cm³/mol. The summed E-state index contributed by atoms with van der Waals surface area (Å²) in [6.07, 6.45) is -1.12. The average molecular weight is 665 g/mol. The van der Waals surface area contributed by atoms with Crippen LogP contribution in [0.15, 0.2) is 60.9 Å². The monoisotopic (exact) mass is 664 g/mol. The standard InChI is InChI=1S/C33H35F3N8O4/c1-22-27(19-26(21-37-22)39-25-4-2-3-24(18-25)33(34,35)36)23-17-29(43-12-14-47-15-13-43)31(38-20-23)48-16-11-42-7-9-44(10-8-42)30-6-5-28(32(45)46)40-41-30/h2-6,17-21,39H,7-16H2,1H3,(H,45,46). The van der Waals surface area contributed by atoms with Crippen LogP contribution in [0, 0.1) is 6.92 Å². The Morgan fingerprint density at radius 3 is 2.44 bits per heavy atom. The van der Waals surface area contributed by atoms with Crippen molar-refractivity contribution >= 4 is 28.8 Å². The quantitative estimate of drug-likeness (QED) is 0.243. The highest BCUT2D eigenvalue weighted by Crippen LogP contribution is 2.35. The van der Waals surface area contributed by atoms with Crippen LogP contribution in [0.3, 0.4) is 0 Å². The number of ether oxygens (including phenoxy) is 2. The molecule has 5 heterocycles. The third-order valence-electron chi connectivity index (χ3n) is 8.27. The molecular formula is C33H35F3N8O4. The van der Waals surface area contributed by atoms with E-state index in [0.717, 1.165) is 60.8 Å². The molecule has 12 nitrogen and oxygen atoms in total. The number of carboxylic acids is 1. The molecule has 2 aliphatic heterocycles. The number of aromatic nitrogens is 4. The molecule has 0 spiro atoms. The number of pyridine rings is 2. The third-order valence-corrected chi connectivity index (χ3v) is 8.27. The zero-order valence-corrected chi connectivity index (χ0v) is 26.3. The average Bonchev–Trinajstić information content (AvgIpc) is 3.10. The number of anilines is 4. The van der Waals surface area contributed by atoms with E-state index in [0.29, 0.717) is 62.5 Å². The number of alkyl halides is 3. The largest absolute Gasteiger partial charge is 0.476 e. The lowest BCUT2D eigenvalue weighted by atomic mass is 10.0. The Bertz CT molecular complexity index is 1730. The summed E-state index contributed by atoms with van der Waals surface area (Å²) in [6, 6.07) is 12.1. The maximum Gasteiger partial charge on any atom is 0.416 e. The molecule has 4 aromatic rings. The van der Waals surface area contributed by atoms with Crippen molar-refractivity contribution in [1.29, 1.82) is 0 Å². The van der Waals surface area contributed by atoms with Crippen LogP contribution < -0.4 is 19.9 Å². The van der Waals surface area contributed by atoms with Crippen molar-refractivity contribution in [2.75, 3.05) is 80.8 Å². The maximum atomic E-state index is 13.3. The van der Waals surface area contributed by atoms with E-state index < -0.39 is 17.7 Å². The van der Waals surface area contributed by atoms with Gasteiger partial charge in [0, 0.05) is 74.5 Å². The molecule has 0 unspecified atom stereocenters. The van der Waals surface area contributed by atoms with Crippen LogP contribution in [-0.4, -0.2) is 102 Å². The first-order valence-corrected chi connectivity index (χ1v) is 15.6. The van der Waals surface area contributed by atoms with Gasteiger partial charge in [-0.1, -0.05) is 6.07 Å². The van der Waals surface area contributed by atoms with Crippen molar-refractivity contribution in [3.8, 4) is 17.0 Å². The Morgan fingerprint density at radius 2 is 1.73 bits per heavy atom. The van der Waals surface area contributed by atoms with Crippen LogP contribution in [0.4, 0.5) is 36.1 Å². The van der Waals surface area contributed by atoms with E-state index in [4.69, 9.17) is 19.6 Å². The third kappa shape index (κ3) is 7.91. The Balaban J connectivity index is 1.13. The summed E-state index contributed by atoms with van der Waals surface area (Å²) < 4.78 is 51.6. The van der Waals surface area contributed by atoms with Crippen LogP contribution >= 0.6 is 0 Å². The number of benzene rings is 1. The number of morpholine rings is 1. The first-order valence-electron chi connectivity index (χ1n) is 15.6. The van der Waals surface area contributed by atoms with E-state index in [1.165, 1.54) is 12.1 Å². The van der Waals surface area contributed by atoms with Crippen molar-refractivity contribution in [1.82, 2.24) is 25.1 Å². The molecule has 6 rings (SSSR count). The van der Waals surface area contributed by atoms with E-state index in [9.17, 15) is 18.0 Å². The van der Waals surface area contributed by atoms with Gasteiger partial charge in [0.2, 0.25) is 5.88 Å². The lowest BCUT2D eigenvalue weighted by molar-refractivity contribution is -0.137. The summed E-state index contributed by atoms with van der Waals surface area (Å²) in [5, 5.41) is 19.9. The molecule has 1 aromatic carbocycles. The van der Waals surface area contributed by atoms with Crippen LogP contribution in [0.1, 0.15) is 21.7 Å². The van der Waals surface area contributed by atoms with Crippen LogP contribution in [0.2, 0.25) is 0 Å². The van der Waals surface area contributed by atoms with Gasteiger partial charge in [-0.3, -0.25) is 9.88 Å². The van der Waals surface area contributed by atoms with E-state index in [1.807, 2.05) is 19.1 Å². The minimum Gasteiger partial charge on any atom is -0.476 e. The van der Waals surface area contributed by atoms with Crippen molar-refractivity contribution in [3.63, 3.8) is 0 Å². The summed E-state index contributed by atoms with van der Waals surface area (Å²) in [5.74, 6) is 0.0561. The minimum absolute atomic E-state index is 0.0843. The fourth-order valence-corrected chi connectivity index (χ4v) is 5.64. The highest BCUT2D eigenvalue weighted by atomic mass is 19.4. The molecule has 252 valence electrons. The summed E-state index contributed by atoms with van der Waals surface area (Å²) >= 11 is 0. The van der Waals surface area contributed by atoms with Crippen molar-refractivity contribution in [2.24, 2.45) is 0 Å². The highest BCUT2D eigenvalue weighted by molar-refractivity contribution is 5.85. The number of aromatic carboxylic acids is 1. The molecule has 15 heteroatoms. The van der Waals surface area contributed by atoms with Crippen LogP contribution in [0.5, 0.6) is 5.88 Å². The highest BCUT2D eigenvalue weighted by Gasteiger charge is 2.30. The Morgan fingerprint density at radius 1 is 0.938 bits per heavy atom. The smallest absolute Gasteiger partial charge is 0.416 e. The Kier molecular flexibility index (Phi) is 9.87. The molecule has 0 bridgehead atoms. The van der Waals surface area contributed by atoms with Crippen molar-refractivity contribution < 1.29 is 32.5 Å². The fraction of sp³-hybridized carbons (Fsp3) is 0.364. The number of nitrogens with one attached hydrogen (secondary N) is 1. The molecular weight excluding hydrogens is 629 g/mol. The zero-order valence-electron chi connectivity index (χ0n) is 26.3. The molecule has 0 aliphatic carbocycles. The van der Waals surface area contributed by atoms with Gasteiger partial charge in [0.05, 0.1) is 30.7 Å². The van der Waals surface area contributed by atoms with E-state index in [-0.39, 0.29) is 5.69 Å². The van der Waals surface area contributed by atoms with Crippen molar-refractivity contribution in [2.45, 2.75) is 13.1 Å². The van der Waals surface area contributed by atoms with Gasteiger partial charge in [0.1, 0.15) is 12.3 Å². The number of rotatable bonds is 10. The molecule has 2 N–H and O–H groups in total. The number of carboxylic acid groups (broad SMARTS) is 1. The second-order valence-electron chi connectivity index (χ2n) is 11.5. The van der Waals surface area contributed by atoms with Crippen molar-refractivity contribution in [3.05, 3.63) is 77.9 Å². The SMILES string of the molecule is Cc1ncc(Nc2cccc(C(F)(F)F)c2)cc1-c1cnc(OCCN2CCN(c3ccc(C(=O)O)nn3)CC2)c(N2CCOCC2)c1. The van der Waals surface area contributed by atoms with Crippen LogP contribution in [-0.2, 0) is 10.9 Å². The Hall–Kier alpha value is -5.02. The summed E-state index contributed by atoms with van der Waals surface area (Å²) in [4.78, 5) is 26.8. The van der Waals surface area contributed by atoms with Gasteiger partial charge in [0.15, 0.2) is 11.5 Å². The molecule has 0 amide bonds. The number of nitrogens with zero attached hydrogens (tertiary/aromatic N) is 7. The zero-order chi connectivity index (χ0) is 33.7. The number of halogens is 3. The summed E-state index contributed by atoms with van der Waals surface area (Å²) in [5.41, 5.74) is 3.21. The maximum absolute atomic E-state index is 13.3. The molecule has 48 heavy (non-hydrogen) atoms. The number of hydrogen-bond acceptors (Lipinski definition) is 11. The second kappa shape index (κ2) is 14.4. The number of carbonyl (C=O) groups is 1. The normalized spacial score (nSPS) is 15.8. The lowest BCUT2D eigenvalue weighted by Gasteiger charge is -2.35. The fourth-order valence-electron chi connectivity index (χ4n) is 5.64. The lowest BCUT2D eigenvalue weighted by Crippen LogP contribution is -2.47. The van der Waals surface area contributed by atoms with Gasteiger partial charge in [-0.25, -0.2) is 9.78 Å². The van der Waals surface area contributed by atoms with Crippen LogP contribution in [0.25, 0.3) is 11.1 Å². The van der Waals surface area contributed by atoms with E-state index >= 15 is 0 Å². The minimum atomic E-state index is -4.44. The molecule has 0 saturated carbocycles. The first-order chi connectivity index (χ1) is 23.1. The van der Waals surface area contributed by atoms with E-state index in [1.54, 1.807) is 24.5 Å². The van der Waals surface area contributed by atoms with Gasteiger partial charge < -0.3 is 29.7 Å². The topological polar surface area (TPSA) is 129 Å². The summed E-state index contributed by atoms with van der Waals surface area (Å²) in [7, 11) is 0. The van der Waals surface area contributed by atoms with Gasteiger partial charge >= 0.3 is 12.1 Å². The number of hydrogen-bond donors (Lipinski definition) is 2.